The van der Waals surface area contributed by atoms with Gasteiger partial charge in [-0.2, -0.15) is 13.2 Å². The number of halogens is 4. The molecule has 1 heterocycles. The number of nitrogens with zero attached hydrogens (tertiary/aromatic N) is 3. The summed E-state index contributed by atoms with van der Waals surface area (Å²) in [6, 6.07) is 5.07. The molecule has 162 valence electrons. The second-order valence-electron chi connectivity index (χ2n) is 6.87. The van der Waals surface area contributed by atoms with E-state index in [4.69, 9.17) is 0 Å². The van der Waals surface area contributed by atoms with Crippen LogP contribution in [0.5, 0.6) is 0 Å². The van der Waals surface area contributed by atoms with Crippen molar-refractivity contribution in [3.63, 3.8) is 0 Å². The van der Waals surface area contributed by atoms with Gasteiger partial charge in [-0.1, -0.05) is 31.8 Å². The minimum absolute atomic E-state index is 0. The van der Waals surface area contributed by atoms with E-state index in [1.807, 2.05) is 0 Å². The standard InChI is InChI=1S/C21H29F3N4.HI/c1-4-27(5-2)15-18-11-13-28(16-18)20(25-3)26-12-7-9-17-8-6-10-19(14-17)21(22,23)24;/h6,8,10,14,18H,4-5,11-13,15-16H2,1-3H3,(H,25,26);1H. The van der Waals surface area contributed by atoms with Crippen LogP contribution in [0.2, 0.25) is 0 Å². The van der Waals surface area contributed by atoms with Gasteiger partial charge in [0, 0.05) is 32.2 Å². The summed E-state index contributed by atoms with van der Waals surface area (Å²) < 4.78 is 38.3. The number of nitrogens with one attached hydrogen (secondary N) is 1. The summed E-state index contributed by atoms with van der Waals surface area (Å²) in [7, 11) is 1.74. The van der Waals surface area contributed by atoms with Crippen LogP contribution in [0.1, 0.15) is 31.4 Å². The molecular formula is C21H30F3IN4. The lowest BCUT2D eigenvalue weighted by atomic mass is 10.1. The van der Waals surface area contributed by atoms with E-state index in [1.54, 1.807) is 13.1 Å². The summed E-state index contributed by atoms with van der Waals surface area (Å²) in [4.78, 5) is 8.97. The summed E-state index contributed by atoms with van der Waals surface area (Å²) in [6.07, 6.45) is -3.22. The summed E-state index contributed by atoms with van der Waals surface area (Å²) in [5.41, 5.74) is -0.327. The van der Waals surface area contributed by atoms with E-state index in [0.717, 1.165) is 57.2 Å². The fourth-order valence-electron chi connectivity index (χ4n) is 3.40. The highest BCUT2D eigenvalue weighted by Gasteiger charge is 2.30. The van der Waals surface area contributed by atoms with Crippen LogP contribution in [0, 0.1) is 17.8 Å². The van der Waals surface area contributed by atoms with Crippen molar-refractivity contribution in [3.05, 3.63) is 35.4 Å². The Morgan fingerprint density at radius 3 is 2.66 bits per heavy atom. The van der Waals surface area contributed by atoms with Gasteiger partial charge in [0.1, 0.15) is 0 Å². The Morgan fingerprint density at radius 1 is 1.31 bits per heavy atom. The zero-order valence-corrected chi connectivity index (χ0v) is 19.6. The minimum Gasteiger partial charge on any atom is -0.345 e. The number of hydrogen-bond acceptors (Lipinski definition) is 2. The van der Waals surface area contributed by atoms with Crippen LogP contribution < -0.4 is 5.32 Å². The Balaban J connectivity index is 0.00000420. The molecule has 0 saturated carbocycles. The third kappa shape index (κ3) is 8.05. The molecule has 1 saturated heterocycles. The molecule has 1 fully saturated rings. The molecule has 1 unspecified atom stereocenters. The zero-order chi connectivity index (χ0) is 20.6. The summed E-state index contributed by atoms with van der Waals surface area (Å²) in [5, 5.41) is 3.19. The third-order valence-electron chi connectivity index (χ3n) is 4.97. The lowest BCUT2D eigenvalue weighted by Crippen LogP contribution is -2.41. The van der Waals surface area contributed by atoms with Gasteiger partial charge in [0.25, 0.3) is 0 Å². The molecule has 0 amide bonds. The van der Waals surface area contributed by atoms with Gasteiger partial charge < -0.3 is 15.1 Å². The monoisotopic (exact) mass is 522 g/mol. The van der Waals surface area contributed by atoms with E-state index in [9.17, 15) is 13.2 Å². The molecule has 4 nitrogen and oxygen atoms in total. The van der Waals surface area contributed by atoms with E-state index in [0.29, 0.717) is 18.0 Å². The molecule has 0 spiro atoms. The molecule has 0 bridgehead atoms. The Labute approximate surface area is 189 Å². The summed E-state index contributed by atoms with van der Waals surface area (Å²) in [5.74, 6) is 7.08. The molecule has 1 atom stereocenters. The van der Waals surface area contributed by atoms with Crippen molar-refractivity contribution in [2.75, 3.05) is 46.3 Å². The Bertz CT molecular complexity index is 721. The smallest absolute Gasteiger partial charge is 0.345 e. The van der Waals surface area contributed by atoms with Crippen molar-refractivity contribution >= 4 is 29.9 Å². The summed E-state index contributed by atoms with van der Waals surface area (Å²) >= 11 is 0. The van der Waals surface area contributed by atoms with Crippen molar-refractivity contribution < 1.29 is 13.2 Å². The summed E-state index contributed by atoms with van der Waals surface area (Å²) in [6.45, 7) is 9.82. The highest BCUT2D eigenvalue weighted by molar-refractivity contribution is 14.0. The molecule has 1 aliphatic rings. The molecular weight excluding hydrogens is 492 g/mol. The van der Waals surface area contributed by atoms with Crippen molar-refractivity contribution in [1.82, 2.24) is 15.1 Å². The lowest BCUT2D eigenvalue weighted by Gasteiger charge is -2.24. The maximum absolute atomic E-state index is 12.8. The second-order valence-corrected chi connectivity index (χ2v) is 6.87. The molecule has 1 aliphatic heterocycles. The first-order chi connectivity index (χ1) is 13.4. The van der Waals surface area contributed by atoms with Crippen LogP contribution in [0.4, 0.5) is 13.2 Å². The molecule has 1 N–H and O–H groups in total. The predicted octanol–water partition coefficient (Wildman–Crippen LogP) is 3.91. The number of aliphatic imine (C=N–C) groups is 1. The lowest BCUT2D eigenvalue weighted by molar-refractivity contribution is -0.137. The number of likely N-dealkylation sites (tertiary alicyclic amines) is 1. The third-order valence-corrected chi connectivity index (χ3v) is 4.97. The fourth-order valence-corrected chi connectivity index (χ4v) is 3.40. The van der Waals surface area contributed by atoms with Crippen molar-refractivity contribution in [2.45, 2.75) is 26.4 Å². The van der Waals surface area contributed by atoms with Crippen molar-refractivity contribution in [3.8, 4) is 11.8 Å². The largest absolute Gasteiger partial charge is 0.416 e. The van der Waals surface area contributed by atoms with E-state index in [-0.39, 0.29) is 24.0 Å². The predicted molar refractivity (Wildman–Crippen MR) is 123 cm³/mol. The van der Waals surface area contributed by atoms with E-state index >= 15 is 0 Å². The first-order valence-electron chi connectivity index (χ1n) is 9.71. The van der Waals surface area contributed by atoms with Crippen LogP contribution in [0.25, 0.3) is 0 Å². The van der Waals surface area contributed by atoms with Crippen LogP contribution in [0.15, 0.2) is 29.3 Å². The van der Waals surface area contributed by atoms with Gasteiger partial charge in [0.2, 0.25) is 0 Å². The van der Waals surface area contributed by atoms with Crippen molar-refractivity contribution in [2.24, 2.45) is 10.9 Å². The van der Waals surface area contributed by atoms with Crippen molar-refractivity contribution in [1.29, 1.82) is 0 Å². The molecule has 0 radical (unpaired) electrons. The van der Waals surface area contributed by atoms with Crippen LogP contribution in [-0.2, 0) is 6.18 Å². The molecule has 0 aromatic heterocycles. The van der Waals surface area contributed by atoms with E-state index < -0.39 is 11.7 Å². The number of guanidine groups is 1. The molecule has 2 rings (SSSR count). The maximum Gasteiger partial charge on any atom is 0.416 e. The molecule has 1 aromatic rings. The van der Waals surface area contributed by atoms with Gasteiger partial charge >= 0.3 is 6.18 Å². The van der Waals surface area contributed by atoms with E-state index in [1.165, 1.54) is 6.07 Å². The normalized spacial score (nSPS) is 17.0. The van der Waals surface area contributed by atoms with Gasteiger partial charge in [-0.15, -0.1) is 24.0 Å². The van der Waals surface area contributed by atoms with Gasteiger partial charge in [0.05, 0.1) is 12.1 Å². The Kier molecular flexibility index (Phi) is 10.8. The average molecular weight is 522 g/mol. The SMILES string of the molecule is CCN(CC)CC1CCN(C(=NC)NCC#Cc2cccc(C(F)(F)F)c2)C1.I. The number of benzene rings is 1. The minimum atomic E-state index is -4.35. The van der Waals surface area contributed by atoms with Crippen LogP contribution >= 0.6 is 24.0 Å². The molecule has 0 aliphatic carbocycles. The first kappa shape index (κ1) is 25.6. The topological polar surface area (TPSA) is 30.9 Å². The van der Waals surface area contributed by atoms with Gasteiger partial charge in [-0.3, -0.25) is 4.99 Å². The fraction of sp³-hybridized carbons (Fsp3) is 0.571. The Morgan fingerprint density at radius 2 is 2.03 bits per heavy atom. The molecule has 29 heavy (non-hydrogen) atoms. The Hall–Kier alpha value is -1.47. The quantitative estimate of drug-likeness (QED) is 0.276. The van der Waals surface area contributed by atoms with Gasteiger partial charge in [-0.25, -0.2) is 0 Å². The number of alkyl halides is 3. The first-order valence-corrected chi connectivity index (χ1v) is 9.71. The van der Waals surface area contributed by atoms with Gasteiger partial charge in [0.15, 0.2) is 5.96 Å². The van der Waals surface area contributed by atoms with Crippen LogP contribution in [0.3, 0.4) is 0 Å². The van der Waals surface area contributed by atoms with Crippen LogP contribution in [-0.4, -0.2) is 62.1 Å². The molecule has 1 aromatic carbocycles. The zero-order valence-electron chi connectivity index (χ0n) is 17.2. The van der Waals surface area contributed by atoms with Gasteiger partial charge in [-0.05, 0) is 43.6 Å². The number of rotatable bonds is 5. The van der Waals surface area contributed by atoms with E-state index in [2.05, 4.69) is 45.8 Å². The highest BCUT2D eigenvalue weighted by atomic mass is 127. The molecule has 8 heteroatoms. The highest BCUT2D eigenvalue weighted by Crippen LogP contribution is 2.29. The number of hydrogen-bond donors (Lipinski definition) is 1. The average Bonchev–Trinajstić information content (AvgIpc) is 3.14. The second kappa shape index (κ2) is 12.3. The maximum atomic E-state index is 12.8.